The third-order valence-electron chi connectivity index (χ3n) is 5.43. The zero-order valence-electron chi connectivity index (χ0n) is 27.6. The summed E-state index contributed by atoms with van der Waals surface area (Å²) in [5, 5.41) is 68.2. The van der Waals surface area contributed by atoms with Gasteiger partial charge in [0.1, 0.15) is 12.9 Å². The number of hydrogen-bond acceptors (Lipinski definition) is 14. The second kappa shape index (κ2) is 39.3. The lowest BCUT2D eigenvalue weighted by Gasteiger charge is -2.14. The number of carbonyl (C=O) groups is 1. The van der Waals surface area contributed by atoms with Gasteiger partial charge in [0.05, 0.1) is 87.7 Å². The molecule has 3 saturated heterocycles. The van der Waals surface area contributed by atoms with Crippen molar-refractivity contribution in [3.8, 4) is 0 Å². The number of nitrogens with two attached hydrogens (primary N) is 1. The number of halogens is 2. The minimum Gasteiger partial charge on any atom is -0.481 e. The summed E-state index contributed by atoms with van der Waals surface area (Å²) in [6, 6.07) is 0. The summed E-state index contributed by atoms with van der Waals surface area (Å²) < 4.78 is 29.3. The first kappa shape index (κ1) is 52.7. The van der Waals surface area contributed by atoms with E-state index in [1.807, 2.05) is 20.8 Å². The van der Waals surface area contributed by atoms with Crippen molar-refractivity contribution in [2.75, 3.05) is 63.3 Å². The molecule has 0 saturated carbocycles. The van der Waals surface area contributed by atoms with Crippen LogP contribution in [-0.2, 0) is 34.3 Å². The van der Waals surface area contributed by atoms with Gasteiger partial charge in [-0.1, -0.05) is 43.6 Å². The van der Waals surface area contributed by atoms with Gasteiger partial charge in [-0.15, -0.1) is 11.6 Å². The van der Waals surface area contributed by atoms with Gasteiger partial charge >= 0.3 is 5.97 Å². The number of aliphatic hydroxyl groups excluding tert-OH is 7. The third-order valence-corrected chi connectivity index (χ3v) is 7.49. The van der Waals surface area contributed by atoms with E-state index in [-0.39, 0.29) is 44.6 Å². The number of aliphatic hydroxyl groups is 7. The largest absolute Gasteiger partial charge is 0.481 e. The predicted octanol–water partition coefficient (Wildman–Crippen LogP) is 0.257. The van der Waals surface area contributed by atoms with Crippen LogP contribution in [0.4, 0.5) is 0 Å². The second-order valence-corrected chi connectivity index (χ2v) is 11.9. The van der Waals surface area contributed by atoms with Crippen LogP contribution in [0.25, 0.3) is 0 Å². The van der Waals surface area contributed by atoms with E-state index in [1.54, 1.807) is 6.92 Å². The summed E-state index contributed by atoms with van der Waals surface area (Å²) in [6.45, 7) is 9.74. The van der Waals surface area contributed by atoms with Crippen LogP contribution in [0.5, 0.6) is 0 Å². The number of carboxylic acids is 1. The average Bonchev–Trinajstić information content (AvgIpc) is 3.78. The van der Waals surface area contributed by atoms with Crippen LogP contribution in [0.3, 0.4) is 0 Å². The van der Waals surface area contributed by atoms with Crippen molar-refractivity contribution in [2.24, 2.45) is 5.73 Å². The molecule has 8 atom stereocenters. The highest BCUT2D eigenvalue weighted by molar-refractivity contribution is 9.09. The standard InChI is InChI=1S/C5H10O3.C4H9BrO.C4H11NO.C4H8O3S.C4H8O3.C4H10O2.C3H5ClO/c1-2-4(6)3-5(7)8;2*1-2-4(6)3-5;5-4-1-2-8(6)7-3-4;5-1-4-2-6-3-7-4;1-2-4(6)3-5;4-1-3-2-5-3/h4,6H,2-3H2,1H3,(H,7,8);4,6H,2-3H2,1H3;4,6H,2-3,5H2,1H3;4-5H,1-3H2;4-5H,1-3H2;4-6H,2-3H2,1H3;3H,1-2H2. The van der Waals surface area contributed by atoms with Crippen LogP contribution in [-0.4, -0.2) is 157 Å². The molecule has 3 aliphatic rings. The van der Waals surface area contributed by atoms with Crippen LogP contribution >= 0.6 is 27.5 Å². The molecule has 46 heavy (non-hydrogen) atoms. The van der Waals surface area contributed by atoms with Crippen LogP contribution in [0.2, 0.25) is 0 Å². The Bertz CT molecular complexity index is 610. The van der Waals surface area contributed by atoms with Gasteiger partial charge in [-0.2, -0.15) is 0 Å². The number of ether oxygens (including phenoxy) is 3. The fourth-order valence-electron chi connectivity index (χ4n) is 1.91. The van der Waals surface area contributed by atoms with E-state index < -0.39 is 35.4 Å². The van der Waals surface area contributed by atoms with Gasteiger partial charge in [0.25, 0.3) is 0 Å². The van der Waals surface area contributed by atoms with Crippen LogP contribution in [0.1, 0.15) is 66.2 Å². The molecular formula is C28H61BrClNO14S. The van der Waals surface area contributed by atoms with Gasteiger partial charge in [0, 0.05) is 11.9 Å². The molecule has 282 valence electrons. The number of aliphatic carboxylic acids is 1. The SMILES string of the molecule is CCC(O)CBr.CCC(O)CC(=O)O.CCC(O)CN.CCC(O)CO.ClCC1CO1.O=S1CCC(O)CO1.OCC1COCO1. The lowest BCUT2D eigenvalue weighted by Crippen LogP contribution is -2.25. The summed E-state index contributed by atoms with van der Waals surface area (Å²) in [4.78, 5) is 9.81. The maximum Gasteiger partial charge on any atom is 0.305 e. The average molecular weight is 783 g/mol. The lowest BCUT2D eigenvalue weighted by atomic mass is 10.2. The molecule has 0 aromatic rings. The molecule has 0 spiro atoms. The van der Waals surface area contributed by atoms with E-state index >= 15 is 0 Å². The van der Waals surface area contributed by atoms with Gasteiger partial charge in [0.2, 0.25) is 0 Å². The van der Waals surface area contributed by atoms with E-state index in [4.69, 9.17) is 72.4 Å². The van der Waals surface area contributed by atoms with E-state index in [9.17, 15) is 9.00 Å². The lowest BCUT2D eigenvalue weighted by molar-refractivity contribution is -0.139. The zero-order valence-corrected chi connectivity index (χ0v) is 30.8. The summed E-state index contributed by atoms with van der Waals surface area (Å²) in [5.74, 6) is 0.195. The topological polar surface area (TPSA) is 262 Å². The quantitative estimate of drug-likeness (QED) is 0.101. The number of carboxylic acid groups (broad SMARTS) is 1. The highest BCUT2D eigenvalue weighted by atomic mass is 79.9. The van der Waals surface area contributed by atoms with Crippen molar-refractivity contribution in [3.63, 3.8) is 0 Å². The van der Waals surface area contributed by atoms with Crippen molar-refractivity contribution in [1.82, 2.24) is 0 Å². The van der Waals surface area contributed by atoms with Gasteiger partial charge in [-0.05, 0) is 32.1 Å². The first-order valence-electron chi connectivity index (χ1n) is 15.2. The van der Waals surface area contributed by atoms with Crippen LogP contribution < -0.4 is 5.73 Å². The van der Waals surface area contributed by atoms with E-state index in [0.29, 0.717) is 62.3 Å². The molecule has 0 aromatic heterocycles. The molecule has 3 aliphatic heterocycles. The smallest absolute Gasteiger partial charge is 0.305 e. The molecule has 3 heterocycles. The molecule has 0 amide bonds. The predicted molar refractivity (Wildman–Crippen MR) is 180 cm³/mol. The monoisotopic (exact) mass is 781 g/mol. The molecule has 15 nitrogen and oxygen atoms in total. The normalized spacial score (nSPS) is 23.3. The number of epoxide rings is 1. The van der Waals surface area contributed by atoms with Gasteiger partial charge in [-0.25, -0.2) is 4.21 Å². The Balaban J connectivity index is -0.000000225. The molecule has 3 fully saturated rings. The fourth-order valence-corrected chi connectivity index (χ4v) is 3.44. The molecule has 0 radical (unpaired) electrons. The Labute approximate surface area is 290 Å². The molecule has 10 N–H and O–H groups in total. The summed E-state index contributed by atoms with van der Waals surface area (Å²) in [7, 11) is 0. The number of hydrogen-bond donors (Lipinski definition) is 9. The van der Waals surface area contributed by atoms with Crippen LogP contribution in [0, 0.1) is 0 Å². The zero-order chi connectivity index (χ0) is 36.3. The van der Waals surface area contributed by atoms with Crippen molar-refractivity contribution in [3.05, 3.63) is 0 Å². The Hall–Kier alpha value is -0.0900. The Kier molecular flexibility index (Phi) is 45.1. The van der Waals surface area contributed by atoms with Gasteiger partial charge in [-0.3, -0.25) is 8.98 Å². The van der Waals surface area contributed by atoms with E-state index in [1.165, 1.54) is 0 Å². The Morgan fingerprint density at radius 3 is 1.59 bits per heavy atom. The van der Waals surface area contributed by atoms with Crippen molar-refractivity contribution < 1.29 is 68.2 Å². The summed E-state index contributed by atoms with van der Waals surface area (Å²) >= 11 is 7.28. The molecule has 0 bridgehead atoms. The maximum absolute atomic E-state index is 10.4. The van der Waals surface area contributed by atoms with Crippen molar-refractivity contribution in [2.45, 2.75) is 109 Å². The molecule has 3 rings (SSSR count). The number of rotatable bonds is 11. The molecular weight excluding hydrogens is 722 g/mol. The first-order valence-corrected chi connectivity index (χ1v) is 18.1. The summed E-state index contributed by atoms with van der Waals surface area (Å²) in [5.41, 5.74) is 5.03. The number of alkyl halides is 2. The van der Waals surface area contributed by atoms with E-state index in [0.717, 1.165) is 19.4 Å². The van der Waals surface area contributed by atoms with Crippen molar-refractivity contribution in [1.29, 1.82) is 0 Å². The van der Waals surface area contributed by atoms with Gasteiger partial charge < -0.3 is 60.8 Å². The minimum absolute atomic E-state index is 0.0694. The first-order chi connectivity index (χ1) is 21.7. The van der Waals surface area contributed by atoms with E-state index in [2.05, 4.69) is 20.1 Å². The Morgan fingerprint density at radius 2 is 1.46 bits per heavy atom. The molecule has 18 heteroatoms. The Morgan fingerprint density at radius 1 is 0.913 bits per heavy atom. The van der Waals surface area contributed by atoms with Crippen LogP contribution in [0.15, 0.2) is 0 Å². The fraction of sp³-hybridized carbons (Fsp3) is 0.964. The maximum atomic E-state index is 10.4. The summed E-state index contributed by atoms with van der Waals surface area (Å²) in [6.07, 6.45) is 1.52. The molecule has 8 unspecified atom stereocenters. The minimum atomic E-state index is -1.12. The third kappa shape index (κ3) is 46.0. The van der Waals surface area contributed by atoms with Gasteiger partial charge in [0.15, 0.2) is 11.1 Å². The molecule has 0 aliphatic carbocycles. The second-order valence-electron chi connectivity index (χ2n) is 9.72. The highest BCUT2D eigenvalue weighted by Gasteiger charge is 2.19. The molecule has 0 aromatic carbocycles. The highest BCUT2D eigenvalue weighted by Crippen LogP contribution is 2.08. The van der Waals surface area contributed by atoms with Crippen molar-refractivity contribution >= 4 is 44.6 Å².